The van der Waals surface area contributed by atoms with Crippen molar-refractivity contribution < 1.29 is 37.0 Å². The van der Waals surface area contributed by atoms with Crippen molar-refractivity contribution in [1.29, 1.82) is 0 Å². The fourth-order valence-corrected chi connectivity index (χ4v) is 8.05. The number of allylic oxidation sites excluding steroid dienone is 4. The highest BCUT2D eigenvalue weighted by atomic mass is 32.2. The minimum atomic E-state index is -4.38. The van der Waals surface area contributed by atoms with Gasteiger partial charge in [-0.15, -0.1) is 4.33 Å². The first-order chi connectivity index (χ1) is 24.8. The van der Waals surface area contributed by atoms with Crippen molar-refractivity contribution in [1.82, 2.24) is 5.32 Å². The molecule has 2 aromatic rings. The van der Waals surface area contributed by atoms with E-state index in [2.05, 4.69) is 81.0 Å². The molecule has 0 saturated carbocycles. The van der Waals surface area contributed by atoms with Crippen LogP contribution in [0.15, 0.2) is 75.2 Å². The Labute approximate surface area is 311 Å². The number of anilines is 1. The maximum atomic E-state index is 12.4. The summed E-state index contributed by atoms with van der Waals surface area (Å²) < 4.78 is 40.9. The number of fused-ring (bicyclic) bond motifs is 2. The van der Waals surface area contributed by atoms with Crippen molar-refractivity contribution >= 4 is 45.2 Å². The lowest BCUT2D eigenvalue weighted by Gasteiger charge is -2.25. The van der Waals surface area contributed by atoms with Crippen molar-refractivity contribution in [2.24, 2.45) is 5.11 Å². The van der Waals surface area contributed by atoms with Crippen LogP contribution in [-0.2, 0) is 35.1 Å². The summed E-state index contributed by atoms with van der Waals surface area (Å²) in [4.78, 5) is 18.1. The molecule has 0 radical (unpaired) electrons. The first kappa shape index (κ1) is 41.1. The molecule has 2 heterocycles. The van der Waals surface area contributed by atoms with Gasteiger partial charge in [0.05, 0.1) is 22.4 Å². The van der Waals surface area contributed by atoms with E-state index in [9.17, 15) is 17.8 Å². The minimum Gasteiger partial charge on any atom is -0.356 e. The number of hydrogen-bond acceptors (Lipinski definition) is 9. The first-order valence-corrected chi connectivity index (χ1v) is 20.0. The zero-order valence-electron chi connectivity index (χ0n) is 30.7. The number of nitrogens with one attached hydrogen (secondary N) is 1. The molecule has 0 atom stereocenters. The molecule has 0 unspecified atom stereocenters. The lowest BCUT2D eigenvalue weighted by molar-refractivity contribution is -0.438. The quantitative estimate of drug-likeness (QED) is 0.0138. The Bertz CT molecular complexity index is 1850. The molecule has 3 N–H and O–H groups in total. The molecule has 0 saturated heterocycles. The van der Waals surface area contributed by atoms with E-state index in [1.807, 2.05) is 24.3 Å². The third kappa shape index (κ3) is 9.84. The predicted molar refractivity (Wildman–Crippen MR) is 203 cm³/mol. The van der Waals surface area contributed by atoms with Gasteiger partial charge in [-0.2, -0.15) is 13.0 Å². The van der Waals surface area contributed by atoms with Crippen LogP contribution in [0.4, 0.5) is 11.4 Å². The van der Waals surface area contributed by atoms with Crippen LogP contribution in [-0.4, -0.2) is 60.6 Å². The second-order valence-corrected chi connectivity index (χ2v) is 16.2. The van der Waals surface area contributed by atoms with Crippen LogP contribution in [0.3, 0.4) is 0 Å². The van der Waals surface area contributed by atoms with Gasteiger partial charge in [0.15, 0.2) is 5.71 Å². The average Bonchev–Trinajstić information content (AvgIpc) is 3.45. The van der Waals surface area contributed by atoms with Gasteiger partial charge in [-0.1, -0.05) is 42.9 Å². The summed E-state index contributed by atoms with van der Waals surface area (Å²) >= 11 is 0.930. The van der Waals surface area contributed by atoms with Crippen LogP contribution in [0, 0.1) is 0 Å². The smallest absolute Gasteiger partial charge is 0.294 e. The molecule has 4 rings (SSSR count). The summed E-state index contributed by atoms with van der Waals surface area (Å²) in [6.07, 6.45) is 12.8. The van der Waals surface area contributed by atoms with Gasteiger partial charge in [-0.3, -0.25) is 9.35 Å². The third-order valence-corrected chi connectivity index (χ3v) is 11.3. The van der Waals surface area contributed by atoms with E-state index < -0.39 is 15.5 Å². The van der Waals surface area contributed by atoms with Crippen LogP contribution >= 0.6 is 12.0 Å². The largest absolute Gasteiger partial charge is 0.356 e. The fraction of sp³-hybridized carbons (Fsp3) is 0.514. The van der Waals surface area contributed by atoms with E-state index in [1.54, 1.807) is 12.1 Å². The monoisotopic (exact) mass is 755 g/mol. The standard InChI is InChI=1S/C37H50N6O7S2/c1-6-42-31-20-18-27(51-50-49-45)25-29(31)36(2,3)33(42)15-14-16-34-37(4,5)30-26-28(52(46,47)48)19-21-32(30)43(34)24-13-9-10-17-35(44)39-22-11-7-8-12-23-40-41-38/h14-16,18-21,25-26H,6-13,17,22-24H2,1-5H3,(H2-,39,44,45,46,47,48)/p+1. The van der Waals surface area contributed by atoms with Crippen molar-refractivity contribution in [3.63, 3.8) is 0 Å². The Morgan fingerprint density at radius 2 is 1.79 bits per heavy atom. The summed E-state index contributed by atoms with van der Waals surface area (Å²) in [6.45, 7) is 13.1. The molecule has 2 aliphatic rings. The van der Waals surface area contributed by atoms with Crippen LogP contribution in [0.1, 0.15) is 97.1 Å². The molecule has 282 valence electrons. The van der Waals surface area contributed by atoms with Crippen molar-refractivity contribution in [3.05, 3.63) is 81.9 Å². The highest BCUT2D eigenvalue weighted by Crippen LogP contribution is 2.49. The Kier molecular flexibility index (Phi) is 14.5. The lowest BCUT2D eigenvalue weighted by atomic mass is 9.81. The summed E-state index contributed by atoms with van der Waals surface area (Å²) in [5.41, 5.74) is 13.5. The molecule has 0 bridgehead atoms. The molecule has 13 nitrogen and oxygen atoms in total. The van der Waals surface area contributed by atoms with Crippen LogP contribution in [0.25, 0.3) is 10.4 Å². The van der Waals surface area contributed by atoms with Gasteiger partial charge in [0.1, 0.15) is 6.54 Å². The SMILES string of the molecule is CCN1/C(=C/C=C/C2=[N+](CCCCCC(=O)NCCCCCCN=[N+]=[N-])c3ccc(S(=O)(=O)O)cc3C2(C)C)C(C)(C)c2cc(SOOO)ccc21. The van der Waals surface area contributed by atoms with Crippen molar-refractivity contribution in [2.75, 3.05) is 31.1 Å². The van der Waals surface area contributed by atoms with Crippen molar-refractivity contribution in [3.8, 4) is 0 Å². The minimum absolute atomic E-state index is 0.0447. The molecule has 0 aromatic heterocycles. The van der Waals surface area contributed by atoms with Crippen LogP contribution in [0.2, 0.25) is 0 Å². The molecule has 2 aliphatic heterocycles. The van der Waals surface area contributed by atoms with Gasteiger partial charge in [-0.05, 0) is 94.0 Å². The molecule has 0 aliphatic carbocycles. The summed E-state index contributed by atoms with van der Waals surface area (Å²) in [5.74, 6) is 0.0447. The van der Waals surface area contributed by atoms with Crippen LogP contribution < -0.4 is 10.2 Å². The van der Waals surface area contributed by atoms with Gasteiger partial charge >= 0.3 is 0 Å². The average molecular weight is 756 g/mol. The highest BCUT2D eigenvalue weighted by molar-refractivity contribution is 7.94. The number of amides is 1. The molecule has 1 amide bonds. The normalized spacial score (nSPS) is 16.8. The summed E-state index contributed by atoms with van der Waals surface area (Å²) in [6, 6.07) is 10.8. The lowest BCUT2D eigenvalue weighted by Crippen LogP contribution is -2.28. The second kappa shape index (κ2) is 18.4. The van der Waals surface area contributed by atoms with E-state index in [-0.39, 0.29) is 16.2 Å². The van der Waals surface area contributed by atoms with E-state index >= 15 is 0 Å². The van der Waals surface area contributed by atoms with E-state index in [0.29, 0.717) is 26.1 Å². The van der Waals surface area contributed by atoms with Gasteiger partial charge in [0.2, 0.25) is 11.6 Å². The van der Waals surface area contributed by atoms with Gasteiger partial charge in [0.25, 0.3) is 10.1 Å². The number of benzene rings is 2. The molecule has 0 fully saturated rings. The maximum Gasteiger partial charge on any atom is 0.294 e. The fourth-order valence-electron chi connectivity index (χ4n) is 7.14. The van der Waals surface area contributed by atoms with Gasteiger partial charge in [-0.25, -0.2) is 5.26 Å². The Balaban J connectivity index is 1.49. The third-order valence-electron chi connectivity index (χ3n) is 9.87. The van der Waals surface area contributed by atoms with Crippen LogP contribution in [0.5, 0.6) is 0 Å². The number of carbonyl (C=O) groups excluding carboxylic acids is 1. The zero-order chi connectivity index (χ0) is 37.9. The first-order valence-electron chi connectivity index (χ1n) is 17.8. The summed E-state index contributed by atoms with van der Waals surface area (Å²) in [7, 11) is -4.38. The number of carbonyl (C=O) groups is 1. The Morgan fingerprint density at radius 3 is 2.50 bits per heavy atom. The number of likely N-dealkylation sites (N-methyl/N-ethyl adjacent to an activating group) is 1. The second-order valence-electron chi connectivity index (χ2n) is 14.0. The molecule has 2 aromatic carbocycles. The Hall–Kier alpha value is -3.69. The van der Waals surface area contributed by atoms with E-state index in [1.165, 1.54) is 6.07 Å². The number of rotatable bonds is 20. The highest BCUT2D eigenvalue weighted by Gasteiger charge is 2.45. The number of unbranched alkanes of at least 4 members (excludes halogenated alkanes) is 5. The summed E-state index contributed by atoms with van der Waals surface area (Å²) in [5, 5.41) is 18.9. The Morgan fingerprint density at radius 1 is 1.04 bits per heavy atom. The molecule has 15 heteroatoms. The topological polar surface area (TPSA) is 177 Å². The predicted octanol–water partition coefficient (Wildman–Crippen LogP) is 8.54. The molecular formula is C37H51N6O7S2+. The number of azide groups is 1. The van der Waals surface area contributed by atoms with Crippen molar-refractivity contribution in [2.45, 2.75) is 107 Å². The maximum absolute atomic E-state index is 12.4. The molecular weight excluding hydrogens is 705 g/mol. The zero-order valence-corrected chi connectivity index (χ0v) is 32.3. The van der Waals surface area contributed by atoms with Gasteiger partial charge < -0.3 is 10.2 Å². The molecule has 52 heavy (non-hydrogen) atoms. The van der Waals surface area contributed by atoms with E-state index in [0.717, 1.165) is 102 Å². The molecule has 0 spiro atoms. The number of nitrogens with zero attached hydrogens (tertiary/aromatic N) is 5. The number of hydrogen-bond donors (Lipinski definition) is 3. The van der Waals surface area contributed by atoms with E-state index in [4.69, 9.17) is 10.8 Å². The van der Waals surface area contributed by atoms with Gasteiger partial charge in [0, 0.05) is 76.8 Å².